The number of hydrogen-bond acceptors (Lipinski definition) is 2. The second-order valence-electron chi connectivity index (χ2n) is 8.35. The van der Waals surface area contributed by atoms with E-state index in [0.29, 0.717) is 11.7 Å². The van der Waals surface area contributed by atoms with Gasteiger partial charge < -0.3 is 5.11 Å². The fourth-order valence-corrected chi connectivity index (χ4v) is 6.63. The fraction of sp³-hybridized carbons (Fsp3) is 0.944. The van der Waals surface area contributed by atoms with Crippen molar-refractivity contribution in [1.29, 1.82) is 0 Å². The van der Waals surface area contributed by atoms with Gasteiger partial charge in [0.05, 0.1) is 6.10 Å². The molecule has 0 heterocycles. The zero-order valence-electron chi connectivity index (χ0n) is 12.7. The van der Waals surface area contributed by atoms with Crippen molar-refractivity contribution in [2.45, 2.75) is 70.8 Å². The zero-order chi connectivity index (χ0) is 13.9. The summed E-state index contributed by atoms with van der Waals surface area (Å²) >= 11 is 0. The average Bonchev–Trinajstić information content (AvgIpc) is 2.74. The van der Waals surface area contributed by atoms with Crippen molar-refractivity contribution >= 4 is 5.78 Å². The number of fused-ring (bicyclic) bond motifs is 5. The molecule has 7 atom stereocenters. The number of ketones is 1. The molecule has 4 fully saturated rings. The molecule has 0 amide bonds. The van der Waals surface area contributed by atoms with E-state index in [1.165, 1.54) is 32.1 Å². The largest absolute Gasteiger partial charge is 0.393 e. The van der Waals surface area contributed by atoms with Crippen molar-refractivity contribution in [3.8, 4) is 0 Å². The van der Waals surface area contributed by atoms with Crippen LogP contribution in [0.5, 0.6) is 0 Å². The van der Waals surface area contributed by atoms with Gasteiger partial charge in [0.15, 0.2) is 0 Å². The minimum Gasteiger partial charge on any atom is -0.393 e. The monoisotopic (exact) mass is 276 g/mol. The van der Waals surface area contributed by atoms with Crippen LogP contribution in [0.25, 0.3) is 0 Å². The first kappa shape index (κ1) is 13.3. The van der Waals surface area contributed by atoms with Gasteiger partial charge in [-0.3, -0.25) is 4.79 Å². The second kappa shape index (κ2) is 4.56. The molecule has 0 spiro atoms. The van der Waals surface area contributed by atoms with Crippen LogP contribution in [0.15, 0.2) is 0 Å². The summed E-state index contributed by atoms with van der Waals surface area (Å²) in [5.41, 5.74) is 0.207. The number of aliphatic hydroxyl groups is 1. The molecule has 0 aromatic heterocycles. The standard InChI is InChI=1S/C18H28O2/c1-18-9-8-14-13-5-3-12(19)10-11(13)2-4-15(14)16(18)6-7-17(18)20/h11,13-17,20H,2-10H2,1H3/t11-,13-,14+,15+,16-,17+,18-/m0/s1. The SMILES string of the molecule is C[C@]12CC[C@H]3[C@@H](CC[C@H]4CC(=O)CC[C@@H]43)[C@@H]1CC[C@H]2O. The van der Waals surface area contributed by atoms with E-state index in [0.717, 1.165) is 49.4 Å². The predicted octanol–water partition coefficient (Wildman–Crippen LogP) is 3.57. The van der Waals surface area contributed by atoms with Crippen LogP contribution in [-0.2, 0) is 4.79 Å². The summed E-state index contributed by atoms with van der Waals surface area (Å²) in [5.74, 6) is 4.52. The summed E-state index contributed by atoms with van der Waals surface area (Å²) in [4.78, 5) is 11.7. The maximum Gasteiger partial charge on any atom is 0.133 e. The number of carbonyl (C=O) groups is 1. The molecule has 112 valence electrons. The second-order valence-corrected chi connectivity index (χ2v) is 8.35. The van der Waals surface area contributed by atoms with Crippen LogP contribution in [0, 0.1) is 35.0 Å². The van der Waals surface area contributed by atoms with E-state index in [1.54, 1.807) is 0 Å². The highest BCUT2D eigenvalue weighted by atomic mass is 16.3. The molecule has 4 aliphatic rings. The van der Waals surface area contributed by atoms with Gasteiger partial charge in [-0.1, -0.05) is 6.92 Å². The van der Waals surface area contributed by atoms with Crippen LogP contribution in [0.1, 0.15) is 64.7 Å². The van der Waals surface area contributed by atoms with Gasteiger partial charge in [0, 0.05) is 12.8 Å². The van der Waals surface area contributed by atoms with Crippen LogP contribution in [0.3, 0.4) is 0 Å². The molecule has 2 nitrogen and oxygen atoms in total. The van der Waals surface area contributed by atoms with Gasteiger partial charge in [0.2, 0.25) is 0 Å². The summed E-state index contributed by atoms with van der Waals surface area (Å²) in [7, 11) is 0. The van der Waals surface area contributed by atoms with Crippen molar-refractivity contribution in [3.05, 3.63) is 0 Å². The van der Waals surface area contributed by atoms with Crippen LogP contribution in [-0.4, -0.2) is 17.0 Å². The number of Topliss-reactive ketones (excluding diaryl/α,β-unsaturated/α-hetero) is 1. The van der Waals surface area contributed by atoms with Crippen molar-refractivity contribution in [2.75, 3.05) is 0 Å². The molecule has 4 aliphatic carbocycles. The Bertz CT molecular complexity index is 418. The Hall–Kier alpha value is -0.370. The predicted molar refractivity (Wildman–Crippen MR) is 78.1 cm³/mol. The number of carbonyl (C=O) groups excluding carboxylic acids is 1. The Kier molecular flexibility index (Phi) is 3.03. The van der Waals surface area contributed by atoms with E-state index in [2.05, 4.69) is 6.92 Å². The van der Waals surface area contributed by atoms with Crippen LogP contribution < -0.4 is 0 Å². The molecule has 4 saturated carbocycles. The lowest BCUT2D eigenvalue weighted by molar-refractivity contribution is -0.128. The summed E-state index contributed by atoms with van der Waals surface area (Å²) in [5, 5.41) is 10.4. The number of rotatable bonds is 0. The molecule has 0 radical (unpaired) electrons. The highest BCUT2D eigenvalue weighted by molar-refractivity contribution is 5.79. The number of hydrogen-bond donors (Lipinski definition) is 1. The summed E-state index contributed by atoms with van der Waals surface area (Å²) in [6, 6.07) is 0. The Morgan fingerprint density at radius 2 is 1.85 bits per heavy atom. The van der Waals surface area contributed by atoms with E-state index < -0.39 is 0 Å². The van der Waals surface area contributed by atoms with Gasteiger partial charge in [-0.25, -0.2) is 0 Å². The summed E-state index contributed by atoms with van der Waals surface area (Å²) in [6.07, 6.45) is 10.2. The molecule has 0 aromatic rings. The fourth-order valence-electron chi connectivity index (χ4n) is 6.63. The van der Waals surface area contributed by atoms with E-state index in [9.17, 15) is 9.90 Å². The first-order chi connectivity index (χ1) is 9.59. The third-order valence-electron chi connectivity index (χ3n) is 7.72. The lowest BCUT2D eigenvalue weighted by Gasteiger charge is -2.55. The first-order valence-corrected chi connectivity index (χ1v) is 8.79. The molecule has 0 unspecified atom stereocenters. The third-order valence-corrected chi connectivity index (χ3v) is 7.72. The van der Waals surface area contributed by atoms with Crippen molar-refractivity contribution in [2.24, 2.45) is 35.0 Å². The maximum absolute atomic E-state index is 11.7. The van der Waals surface area contributed by atoms with Crippen molar-refractivity contribution in [3.63, 3.8) is 0 Å². The Labute approximate surface area is 122 Å². The van der Waals surface area contributed by atoms with Gasteiger partial charge in [0.1, 0.15) is 5.78 Å². The summed E-state index contributed by atoms with van der Waals surface area (Å²) in [6.45, 7) is 2.35. The molecule has 0 aromatic carbocycles. The van der Waals surface area contributed by atoms with Crippen LogP contribution >= 0.6 is 0 Å². The average molecular weight is 276 g/mol. The zero-order valence-corrected chi connectivity index (χ0v) is 12.7. The lowest BCUT2D eigenvalue weighted by atomic mass is 9.50. The van der Waals surface area contributed by atoms with E-state index in [4.69, 9.17) is 0 Å². The molecular weight excluding hydrogens is 248 g/mol. The smallest absolute Gasteiger partial charge is 0.133 e. The molecule has 0 aliphatic heterocycles. The molecule has 2 heteroatoms. The minimum atomic E-state index is -0.0564. The first-order valence-electron chi connectivity index (χ1n) is 8.79. The topological polar surface area (TPSA) is 37.3 Å². The van der Waals surface area contributed by atoms with Gasteiger partial charge in [-0.2, -0.15) is 0 Å². The molecule has 20 heavy (non-hydrogen) atoms. The quantitative estimate of drug-likeness (QED) is 0.734. The molecule has 4 rings (SSSR count). The third kappa shape index (κ3) is 1.76. The summed E-state index contributed by atoms with van der Waals surface area (Å²) < 4.78 is 0. The number of aliphatic hydroxyl groups excluding tert-OH is 1. The van der Waals surface area contributed by atoms with Gasteiger partial charge >= 0.3 is 0 Å². The molecular formula is C18H28O2. The normalized spacial score (nSPS) is 55.0. The maximum atomic E-state index is 11.7. The van der Waals surface area contributed by atoms with Crippen molar-refractivity contribution in [1.82, 2.24) is 0 Å². The van der Waals surface area contributed by atoms with E-state index in [1.807, 2.05) is 0 Å². The molecule has 0 bridgehead atoms. The minimum absolute atomic E-state index is 0.0564. The highest BCUT2D eigenvalue weighted by Gasteiger charge is 2.56. The van der Waals surface area contributed by atoms with Gasteiger partial charge in [-0.15, -0.1) is 0 Å². The lowest BCUT2D eigenvalue weighted by Crippen LogP contribution is -2.49. The van der Waals surface area contributed by atoms with Crippen LogP contribution in [0.4, 0.5) is 0 Å². The van der Waals surface area contributed by atoms with Crippen LogP contribution in [0.2, 0.25) is 0 Å². The Balaban J connectivity index is 1.58. The van der Waals surface area contributed by atoms with Crippen molar-refractivity contribution < 1.29 is 9.90 Å². The van der Waals surface area contributed by atoms with Gasteiger partial charge in [0.25, 0.3) is 0 Å². The van der Waals surface area contributed by atoms with Gasteiger partial charge in [-0.05, 0) is 80.0 Å². The highest BCUT2D eigenvalue weighted by Crippen LogP contribution is 2.62. The Morgan fingerprint density at radius 1 is 1.00 bits per heavy atom. The molecule has 0 saturated heterocycles. The van der Waals surface area contributed by atoms with E-state index >= 15 is 0 Å². The Morgan fingerprint density at radius 3 is 2.70 bits per heavy atom. The van der Waals surface area contributed by atoms with E-state index in [-0.39, 0.29) is 11.5 Å². The molecule has 1 N–H and O–H groups in total.